The first-order chi connectivity index (χ1) is 9.69. The second-order valence-electron chi connectivity index (χ2n) is 4.42. The van der Waals surface area contributed by atoms with Gasteiger partial charge in [-0.15, -0.1) is 0 Å². The minimum Gasteiger partial charge on any atom is -0.465 e. The SMILES string of the molecule is COC(=O)c1ccc(CNCc2ccc(Br)cc2)cc1. The van der Waals surface area contributed by atoms with Crippen LogP contribution in [0.25, 0.3) is 0 Å². The third-order valence-electron chi connectivity index (χ3n) is 2.95. The lowest BCUT2D eigenvalue weighted by Crippen LogP contribution is -2.12. The van der Waals surface area contributed by atoms with Gasteiger partial charge in [0, 0.05) is 17.6 Å². The van der Waals surface area contributed by atoms with Crippen molar-refractivity contribution >= 4 is 21.9 Å². The summed E-state index contributed by atoms with van der Waals surface area (Å²) in [7, 11) is 1.38. The number of halogens is 1. The highest BCUT2D eigenvalue weighted by Gasteiger charge is 2.03. The number of hydrogen-bond acceptors (Lipinski definition) is 3. The van der Waals surface area contributed by atoms with Crippen molar-refractivity contribution in [3.8, 4) is 0 Å². The van der Waals surface area contributed by atoms with Crippen LogP contribution in [-0.2, 0) is 17.8 Å². The molecule has 2 aromatic carbocycles. The Hall–Kier alpha value is -1.65. The van der Waals surface area contributed by atoms with Gasteiger partial charge >= 0.3 is 5.97 Å². The Morgan fingerprint density at radius 2 is 1.50 bits per heavy atom. The third kappa shape index (κ3) is 4.18. The van der Waals surface area contributed by atoms with Crippen molar-refractivity contribution in [1.29, 1.82) is 0 Å². The van der Waals surface area contributed by atoms with Crippen molar-refractivity contribution in [3.63, 3.8) is 0 Å². The highest BCUT2D eigenvalue weighted by molar-refractivity contribution is 9.10. The van der Waals surface area contributed by atoms with Gasteiger partial charge in [-0.1, -0.05) is 40.2 Å². The van der Waals surface area contributed by atoms with Gasteiger partial charge in [0.1, 0.15) is 0 Å². The lowest BCUT2D eigenvalue weighted by molar-refractivity contribution is 0.0600. The highest BCUT2D eigenvalue weighted by atomic mass is 79.9. The molecule has 0 fully saturated rings. The molecule has 2 aromatic rings. The Labute approximate surface area is 127 Å². The van der Waals surface area contributed by atoms with Gasteiger partial charge in [0.2, 0.25) is 0 Å². The van der Waals surface area contributed by atoms with E-state index in [1.807, 2.05) is 24.3 Å². The molecule has 1 N–H and O–H groups in total. The van der Waals surface area contributed by atoms with Crippen molar-refractivity contribution in [2.45, 2.75) is 13.1 Å². The number of rotatable bonds is 5. The number of hydrogen-bond donors (Lipinski definition) is 1. The Morgan fingerprint density at radius 3 is 2.00 bits per heavy atom. The molecule has 0 saturated carbocycles. The molecule has 0 saturated heterocycles. The maximum absolute atomic E-state index is 11.3. The van der Waals surface area contributed by atoms with Gasteiger partial charge in [-0.25, -0.2) is 4.79 Å². The van der Waals surface area contributed by atoms with Gasteiger partial charge in [-0.2, -0.15) is 0 Å². The van der Waals surface area contributed by atoms with Gasteiger partial charge in [-0.3, -0.25) is 0 Å². The first-order valence-corrected chi connectivity index (χ1v) is 7.11. The summed E-state index contributed by atoms with van der Waals surface area (Å²) in [6.45, 7) is 1.57. The van der Waals surface area contributed by atoms with Crippen molar-refractivity contribution in [1.82, 2.24) is 5.32 Å². The van der Waals surface area contributed by atoms with Gasteiger partial charge < -0.3 is 10.1 Å². The van der Waals surface area contributed by atoms with Crippen molar-refractivity contribution < 1.29 is 9.53 Å². The molecular weight excluding hydrogens is 318 g/mol. The molecular formula is C16H16BrNO2. The lowest BCUT2D eigenvalue weighted by atomic mass is 10.1. The van der Waals surface area contributed by atoms with E-state index in [4.69, 9.17) is 0 Å². The monoisotopic (exact) mass is 333 g/mol. The molecule has 2 rings (SSSR count). The molecule has 0 aliphatic carbocycles. The Balaban J connectivity index is 1.85. The first kappa shape index (κ1) is 14.8. The minimum atomic E-state index is -0.306. The highest BCUT2D eigenvalue weighted by Crippen LogP contribution is 2.10. The third-order valence-corrected chi connectivity index (χ3v) is 3.48. The fourth-order valence-corrected chi connectivity index (χ4v) is 2.09. The molecule has 0 amide bonds. The number of carbonyl (C=O) groups is 1. The van der Waals surface area contributed by atoms with E-state index in [1.165, 1.54) is 12.7 Å². The minimum absolute atomic E-state index is 0.306. The number of methoxy groups -OCH3 is 1. The summed E-state index contributed by atoms with van der Waals surface area (Å²) >= 11 is 3.42. The van der Waals surface area contributed by atoms with Crippen LogP contribution in [0, 0.1) is 0 Å². The van der Waals surface area contributed by atoms with Crippen LogP contribution in [0.1, 0.15) is 21.5 Å². The average molecular weight is 334 g/mol. The van der Waals surface area contributed by atoms with Crippen LogP contribution in [0.4, 0.5) is 0 Å². The summed E-state index contributed by atoms with van der Waals surface area (Å²) in [6, 6.07) is 15.6. The summed E-state index contributed by atoms with van der Waals surface area (Å²) < 4.78 is 5.75. The summed E-state index contributed by atoms with van der Waals surface area (Å²) in [5.74, 6) is -0.306. The maximum Gasteiger partial charge on any atom is 0.337 e. The average Bonchev–Trinajstić information content (AvgIpc) is 2.49. The summed E-state index contributed by atoms with van der Waals surface area (Å²) in [5, 5.41) is 3.37. The number of ether oxygens (including phenoxy) is 1. The molecule has 0 radical (unpaired) electrons. The zero-order valence-corrected chi connectivity index (χ0v) is 12.8. The number of esters is 1. The van der Waals surface area contributed by atoms with Gasteiger partial charge in [0.25, 0.3) is 0 Å². The largest absolute Gasteiger partial charge is 0.465 e. The van der Waals surface area contributed by atoms with Crippen molar-refractivity contribution in [2.75, 3.05) is 7.11 Å². The van der Waals surface area contributed by atoms with Gasteiger partial charge in [-0.05, 0) is 35.4 Å². The Morgan fingerprint density at radius 1 is 1.00 bits per heavy atom. The van der Waals surface area contributed by atoms with E-state index in [-0.39, 0.29) is 5.97 Å². The van der Waals surface area contributed by atoms with Gasteiger partial charge in [0.15, 0.2) is 0 Å². The molecule has 0 spiro atoms. The van der Waals surface area contributed by atoms with E-state index >= 15 is 0 Å². The van der Waals surface area contributed by atoms with Crippen LogP contribution in [0.15, 0.2) is 53.0 Å². The molecule has 4 heteroatoms. The van der Waals surface area contributed by atoms with E-state index in [0.29, 0.717) is 5.56 Å². The first-order valence-electron chi connectivity index (χ1n) is 6.31. The smallest absolute Gasteiger partial charge is 0.337 e. The van der Waals surface area contributed by atoms with Crippen LogP contribution in [-0.4, -0.2) is 13.1 Å². The molecule has 0 heterocycles. The van der Waals surface area contributed by atoms with E-state index in [2.05, 4.69) is 38.1 Å². The summed E-state index contributed by atoms with van der Waals surface area (Å²) in [4.78, 5) is 11.3. The van der Waals surface area contributed by atoms with E-state index in [0.717, 1.165) is 23.1 Å². The molecule has 104 valence electrons. The lowest BCUT2D eigenvalue weighted by Gasteiger charge is -2.06. The van der Waals surface area contributed by atoms with Crippen molar-refractivity contribution in [2.24, 2.45) is 0 Å². The maximum atomic E-state index is 11.3. The van der Waals surface area contributed by atoms with E-state index in [9.17, 15) is 4.79 Å². The van der Waals surface area contributed by atoms with E-state index < -0.39 is 0 Å². The molecule has 0 bridgehead atoms. The topological polar surface area (TPSA) is 38.3 Å². The fraction of sp³-hybridized carbons (Fsp3) is 0.188. The van der Waals surface area contributed by atoms with Gasteiger partial charge in [0.05, 0.1) is 12.7 Å². The van der Waals surface area contributed by atoms with Crippen LogP contribution in [0.3, 0.4) is 0 Å². The van der Waals surface area contributed by atoms with Crippen LogP contribution in [0.2, 0.25) is 0 Å². The van der Waals surface area contributed by atoms with Crippen LogP contribution >= 0.6 is 15.9 Å². The summed E-state index contributed by atoms with van der Waals surface area (Å²) in [6.07, 6.45) is 0. The molecule has 0 aliphatic heterocycles. The zero-order chi connectivity index (χ0) is 14.4. The van der Waals surface area contributed by atoms with E-state index in [1.54, 1.807) is 12.1 Å². The molecule has 0 unspecified atom stereocenters. The zero-order valence-electron chi connectivity index (χ0n) is 11.2. The molecule has 20 heavy (non-hydrogen) atoms. The fourth-order valence-electron chi connectivity index (χ4n) is 1.83. The van der Waals surface area contributed by atoms with Crippen LogP contribution < -0.4 is 5.32 Å². The molecule has 0 atom stereocenters. The Kier molecular flexibility index (Phi) is 5.32. The molecule has 3 nitrogen and oxygen atoms in total. The number of benzene rings is 2. The molecule has 0 aromatic heterocycles. The van der Waals surface area contributed by atoms with Crippen LogP contribution in [0.5, 0.6) is 0 Å². The number of nitrogens with one attached hydrogen (secondary N) is 1. The normalized spacial score (nSPS) is 10.3. The standard InChI is InChI=1S/C16H16BrNO2/c1-20-16(19)14-6-2-12(3-7-14)10-18-11-13-4-8-15(17)9-5-13/h2-9,18H,10-11H2,1H3. The Bertz CT molecular complexity index is 564. The second-order valence-corrected chi connectivity index (χ2v) is 5.33. The molecule has 0 aliphatic rings. The quantitative estimate of drug-likeness (QED) is 0.850. The van der Waals surface area contributed by atoms with Crippen molar-refractivity contribution in [3.05, 3.63) is 69.7 Å². The number of carbonyl (C=O) groups excluding carboxylic acids is 1. The second kappa shape index (κ2) is 7.22. The predicted octanol–water partition coefficient (Wildman–Crippen LogP) is 3.53. The summed E-state index contributed by atoms with van der Waals surface area (Å²) in [5.41, 5.74) is 2.94. The predicted molar refractivity (Wildman–Crippen MR) is 82.5 cm³/mol.